The fourth-order valence-corrected chi connectivity index (χ4v) is 2.60. The molecule has 0 aliphatic rings. The van der Waals surface area contributed by atoms with Gasteiger partial charge >= 0.3 is 0 Å². The van der Waals surface area contributed by atoms with Crippen molar-refractivity contribution >= 4 is 11.6 Å². The highest BCUT2D eigenvalue weighted by Gasteiger charge is 2.17. The van der Waals surface area contributed by atoms with Gasteiger partial charge in [-0.2, -0.15) is 5.10 Å². The largest absolute Gasteiger partial charge is 0.310 e. The highest BCUT2D eigenvalue weighted by molar-refractivity contribution is 6.31. The SMILES string of the molecule is CCNC(Cc1ccccc1Cl)c1cn(C)nc1C. The van der Waals surface area contributed by atoms with Crippen LogP contribution in [0.15, 0.2) is 30.5 Å². The summed E-state index contributed by atoms with van der Waals surface area (Å²) in [6.07, 6.45) is 2.96. The first-order valence-corrected chi connectivity index (χ1v) is 6.96. The molecule has 0 radical (unpaired) electrons. The minimum Gasteiger partial charge on any atom is -0.310 e. The van der Waals surface area contributed by atoms with E-state index in [0.29, 0.717) is 0 Å². The Balaban J connectivity index is 2.26. The molecule has 0 bridgehead atoms. The quantitative estimate of drug-likeness (QED) is 0.909. The number of nitrogens with one attached hydrogen (secondary N) is 1. The van der Waals surface area contributed by atoms with Crippen molar-refractivity contribution in [2.24, 2.45) is 7.05 Å². The summed E-state index contributed by atoms with van der Waals surface area (Å²) in [7, 11) is 1.95. The average Bonchev–Trinajstić information content (AvgIpc) is 2.70. The molecule has 0 saturated heterocycles. The Morgan fingerprint density at radius 3 is 2.68 bits per heavy atom. The number of halogens is 1. The second-order valence-electron chi connectivity index (χ2n) is 4.75. The molecule has 0 saturated carbocycles. The van der Waals surface area contributed by atoms with Gasteiger partial charge in [0, 0.05) is 29.9 Å². The van der Waals surface area contributed by atoms with E-state index in [1.807, 2.05) is 36.9 Å². The van der Waals surface area contributed by atoms with Gasteiger partial charge in [-0.3, -0.25) is 4.68 Å². The Kier molecular flexibility index (Phi) is 4.61. The number of rotatable bonds is 5. The molecule has 1 aromatic carbocycles. The lowest BCUT2D eigenvalue weighted by atomic mass is 9.99. The lowest BCUT2D eigenvalue weighted by Crippen LogP contribution is -2.23. The van der Waals surface area contributed by atoms with Crippen molar-refractivity contribution < 1.29 is 0 Å². The van der Waals surface area contributed by atoms with Crippen LogP contribution in [-0.4, -0.2) is 16.3 Å². The summed E-state index contributed by atoms with van der Waals surface area (Å²) >= 11 is 6.25. The van der Waals surface area contributed by atoms with Crippen molar-refractivity contribution in [2.75, 3.05) is 6.54 Å². The molecule has 1 unspecified atom stereocenters. The third kappa shape index (κ3) is 3.37. The number of likely N-dealkylation sites (N-methyl/N-ethyl adjacent to an activating group) is 1. The van der Waals surface area contributed by atoms with Crippen molar-refractivity contribution in [3.05, 3.63) is 52.3 Å². The summed E-state index contributed by atoms with van der Waals surface area (Å²) in [5.41, 5.74) is 3.48. The van der Waals surface area contributed by atoms with E-state index in [9.17, 15) is 0 Å². The van der Waals surface area contributed by atoms with Crippen LogP contribution >= 0.6 is 11.6 Å². The zero-order valence-electron chi connectivity index (χ0n) is 11.7. The van der Waals surface area contributed by atoms with Gasteiger partial charge in [-0.1, -0.05) is 36.7 Å². The minimum atomic E-state index is 0.249. The van der Waals surface area contributed by atoms with E-state index < -0.39 is 0 Å². The van der Waals surface area contributed by atoms with E-state index in [0.717, 1.165) is 23.7 Å². The molecule has 0 aliphatic carbocycles. The van der Waals surface area contributed by atoms with Crippen molar-refractivity contribution in [3.8, 4) is 0 Å². The third-order valence-electron chi connectivity index (χ3n) is 3.26. The van der Waals surface area contributed by atoms with Gasteiger partial charge in [0.15, 0.2) is 0 Å². The van der Waals surface area contributed by atoms with E-state index >= 15 is 0 Å². The summed E-state index contributed by atoms with van der Waals surface area (Å²) in [5, 5.41) is 8.76. The van der Waals surface area contributed by atoms with Crippen LogP contribution in [0.4, 0.5) is 0 Å². The molecule has 1 aromatic heterocycles. The highest BCUT2D eigenvalue weighted by atomic mass is 35.5. The van der Waals surface area contributed by atoms with Crippen LogP contribution in [-0.2, 0) is 13.5 Å². The summed E-state index contributed by atoms with van der Waals surface area (Å²) in [6.45, 7) is 5.08. The Hall–Kier alpha value is -1.32. The zero-order chi connectivity index (χ0) is 13.8. The topological polar surface area (TPSA) is 29.9 Å². The molecule has 0 spiro atoms. The first-order valence-electron chi connectivity index (χ1n) is 6.58. The van der Waals surface area contributed by atoms with Crippen molar-refractivity contribution in [3.63, 3.8) is 0 Å². The second-order valence-corrected chi connectivity index (χ2v) is 5.16. The molecule has 1 atom stereocenters. The maximum atomic E-state index is 6.25. The van der Waals surface area contributed by atoms with Crippen LogP contribution < -0.4 is 5.32 Å². The Morgan fingerprint density at radius 2 is 2.11 bits per heavy atom. The van der Waals surface area contributed by atoms with Gasteiger partial charge in [-0.15, -0.1) is 0 Å². The summed E-state index contributed by atoms with van der Waals surface area (Å²) in [6, 6.07) is 8.26. The Labute approximate surface area is 119 Å². The first-order chi connectivity index (χ1) is 9.11. The number of aryl methyl sites for hydroxylation is 2. The lowest BCUT2D eigenvalue weighted by Gasteiger charge is -2.18. The van der Waals surface area contributed by atoms with Crippen LogP contribution in [0.25, 0.3) is 0 Å². The number of hydrogen-bond acceptors (Lipinski definition) is 2. The first kappa shape index (κ1) is 14.1. The Bertz CT molecular complexity index is 548. The molecule has 2 rings (SSSR count). The number of nitrogens with zero attached hydrogens (tertiary/aromatic N) is 2. The minimum absolute atomic E-state index is 0.249. The van der Waals surface area contributed by atoms with Crippen LogP contribution in [0.5, 0.6) is 0 Å². The van der Waals surface area contributed by atoms with Crippen molar-refractivity contribution in [2.45, 2.75) is 26.3 Å². The molecule has 4 heteroatoms. The maximum Gasteiger partial charge on any atom is 0.0641 e. The average molecular weight is 278 g/mol. The second kappa shape index (κ2) is 6.22. The van der Waals surface area contributed by atoms with Gasteiger partial charge < -0.3 is 5.32 Å². The van der Waals surface area contributed by atoms with Gasteiger partial charge in [-0.25, -0.2) is 0 Å². The van der Waals surface area contributed by atoms with Crippen molar-refractivity contribution in [1.82, 2.24) is 15.1 Å². The molecule has 0 amide bonds. The van der Waals surface area contributed by atoms with Crippen molar-refractivity contribution in [1.29, 1.82) is 0 Å². The normalized spacial score (nSPS) is 12.6. The highest BCUT2D eigenvalue weighted by Crippen LogP contribution is 2.24. The summed E-state index contributed by atoms with van der Waals surface area (Å²) < 4.78 is 1.86. The van der Waals surface area contributed by atoms with Gasteiger partial charge in [0.05, 0.1) is 5.69 Å². The smallest absolute Gasteiger partial charge is 0.0641 e. The number of aromatic nitrogens is 2. The van der Waals surface area contributed by atoms with E-state index in [1.165, 1.54) is 11.1 Å². The molecule has 2 aromatic rings. The monoisotopic (exact) mass is 277 g/mol. The zero-order valence-corrected chi connectivity index (χ0v) is 12.4. The van der Waals surface area contributed by atoms with Gasteiger partial charge in [0.25, 0.3) is 0 Å². The Morgan fingerprint density at radius 1 is 1.37 bits per heavy atom. The molecule has 1 heterocycles. The number of hydrogen-bond donors (Lipinski definition) is 1. The molecule has 3 nitrogen and oxygen atoms in total. The van der Waals surface area contributed by atoms with Crippen LogP contribution in [0.1, 0.15) is 29.8 Å². The number of benzene rings is 1. The van der Waals surface area contributed by atoms with E-state index in [1.54, 1.807) is 0 Å². The molecular formula is C15H20ClN3. The molecule has 0 aliphatic heterocycles. The molecule has 19 heavy (non-hydrogen) atoms. The van der Waals surface area contributed by atoms with Gasteiger partial charge in [0.2, 0.25) is 0 Å². The van der Waals surface area contributed by atoms with E-state index in [4.69, 9.17) is 11.6 Å². The standard InChI is InChI=1S/C15H20ClN3/c1-4-17-15(13-10-19(3)18-11(13)2)9-12-7-5-6-8-14(12)16/h5-8,10,15,17H,4,9H2,1-3H3. The van der Waals surface area contributed by atoms with E-state index in [-0.39, 0.29) is 6.04 Å². The van der Waals surface area contributed by atoms with Crippen LogP contribution in [0.3, 0.4) is 0 Å². The lowest BCUT2D eigenvalue weighted by molar-refractivity contribution is 0.547. The fraction of sp³-hybridized carbons (Fsp3) is 0.400. The van der Waals surface area contributed by atoms with Crippen LogP contribution in [0.2, 0.25) is 5.02 Å². The summed E-state index contributed by atoms with van der Waals surface area (Å²) in [5.74, 6) is 0. The third-order valence-corrected chi connectivity index (χ3v) is 3.63. The summed E-state index contributed by atoms with van der Waals surface area (Å²) in [4.78, 5) is 0. The van der Waals surface area contributed by atoms with Crippen LogP contribution in [0, 0.1) is 6.92 Å². The predicted molar refractivity (Wildman–Crippen MR) is 79.5 cm³/mol. The molecule has 1 N–H and O–H groups in total. The van der Waals surface area contributed by atoms with Gasteiger partial charge in [0.1, 0.15) is 0 Å². The van der Waals surface area contributed by atoms with E-state index in [2.05, 4.69) is 29.6 Å². The maximum absolute atomic E-state index is 6.25. The molecule has 102 valence electrons. The molecular weight excluding hydrogens is 258 g/mol. The fourth-order valence-electron chi connectivity index (χ4n) is 2.38. The van der Waals surface area contributed by atoms with Gasteiger partial charge in [-0.05, 0) is 31.5 Å². The predicted octanol–water partition coefficient (Wildman–Crippen LogP) is 3.28. The molecule has 0 fully saturated rings.